The minimum absolute atomic E-state index is 0.0748. The third-order valence-electron chi connectivity index (χ3n) is 2.67. The lowest BCUT2D eigenvalue weighted by molar-refractivity contribution is 0.0995. The van der Waals surface area contributed by atoms with E-state index in [1.54, 1.807) is 6.07 Å². The molecular formula is C14H9BrClFN2O2. The minimum Gasteiger partial charge on any atom is -0.366 e. The Morgan fingerprint density at radius 3 is 2.48 bits per heavy atom. The molecule has 0 saturated carbocycles. The maximum Gasteiger partial charge on any atom is 0.258 e. The van der Waals surface area contributed by atoms with Crippen LogP contribution in [0.4, 0.5) is 10.1 Å². The summed E-state index contributed by atoms with van der Waals surface area (Å²) in [7, 11) is 0. The quantitative estimate of drug-likeness (QED) is 0.865. The van der Waals surface area contributed by atoms with Crippen LogP contribution in [0.3, 0.4) is 0 Å². The molecule has 7 heteroatoms. The number of halogens is 3. The second-order valence-corrected chi connectivity index (χ2v) is 5.46. The van der Waals surface area contributed by atoms with Gasteiger partial charge in [-0.25, -0.2) is 4.39 Å². The molecule has 108 valence electrons. The molecular weight excluding hydrogens is 363 g/mol. The molecule has 2 rings (SSSR count). The summed E-state index contributed by atoms with van der Waals surface area (Å²) in [5, 5.41) is 2.66. The number of hydrogen-bond acceptors (Lipinski definition) is 2. The predicted octanol–water partition coefficient (Wildman–Crippen LogP) is 3.59. The van der Waals surface area contributed by atoms with Crippen molar-refractivity contribution in [3.8, 4) is 0 Å². The standard InChI is InChI=1S/C14H9BrClFN2O2/c15-7-1-3-9(12(17)5-7)14(21)19-8-2-4-11(16)10(6-8)13(18)20/h1-6H,(H2,18,20)(H,19,21). The maximum atomic E-state index is 13.7. The van der Waals surface area contributed by atoms with Gasteiger partial charge in [-0.1, -0.05) is 27.5 Å². The summed E-state index contributed by atoms with van der Waals surface area (Å²) in [5.41, 5.74) is 5.41. The summed E-state index contributed by atoms with van der Waals surface area (Å²) in [6, 6.07) is 8.33. The van der Waals surface area contributed by atoms with E-state index in [2.05, 4.69) is 21.2 Å². The van der Waals surface area contributed by atoms with E-state index in [1.807, 2.05) is 0 Å². The summed E-state index contributed by atoms with van der Waals surface area (Å²) in [6.07, 6.45) is 0. The molecule has 0 bridgehead atoms. The highest BCUT2D eigenvalue weighted by Crippen LogP contribution is 2.21. The molecule has 0 aliphatic carbocycles. The van der Waals surface area contributed by atoms with Crippen molar-refractivity contribution in [2.24, 2.45) is 5.73 Å². The van der Waals surface area contributed by atoms with E-state index in [4.69, 9.17) is 17.3 Å². The molecule has 0 saturated heterocycles. The number of rotatable bonds is 3. The van der Waals surface area contributed by atoms with Crippen LogP contribution in [-0.2, 0) is 0 Å². The number of hydrogen-bond donors (Lipinski definition) is 2. The summed E-state index contributed by atoms with van der Waals surface area (Å²) in [5.74, 6) is -2.02. The Labute approximate surface area is 133 Å². The zero-order chi connectivity index (χ0) is 15.6. The van der Waals surface area contributed by atoms with Crippen LogP contribution in [0.25, 0.3) is 0 Å². The topological polar surface area (TPSA) is 72.2 Å². The first-order valence-corrected chi connectivity index (χ1v) is 6.91. The number of amides is 2. The number of anilines is 1. The Morgan fingerprint density at radius 2 is 1.86 bits per heavy atom. The van der Waals surface area contributed by atoms with Crippen molar-refractivity contribution in [2.75, 3.05) is 5.32 Å². The number of nitrogens with one attached hydrogen (secondary N) is 1. The van der Waals surface area contributed by atoms with Crippen LogP contribution in [0.5, 0.6) is 0 Å². The van der Waals surface area contributed by atoms with Crippen molar-refractivity contribution in [1.82, 2.24) is 0 Å². The lowest BCUT2D eigenvalue weighted by Crippen LogP contribution is -2.16. The Bertz CT molecular complexity index is 737. The summed E-state index contributed by atoms with van der Waals surface area (Å²) in [4.78, 5) is 23.2. The summed E-state index contributed by atoms with van der Waals surface area (Å²) >= 11 is 8.92. The van der Waals surface area contributed by atoms with Crippen molar-refractivity contribution in [3.63, 3.8) is 0 Å². The normalized spacial score (nSPS) is 10.2. The predicted molar refractivity (Wildman–Crippen MR) is 82.0 cm³/mol. The second-order valence-electron chi connectivity index (χ2n) is 4.14. The highest BCUT2D eigenvalue weighted by Gasteiger charge is 2.14. The van der Waals surface area contributed by atoms with Gasteiger partial charge in [0, 0.05) is 10.2 Å². The van der Waals surface area contributed by atoms with Crippen LogP contribution in [-0.4, -0.2) is 11.8 Å². The Morgan fingerprint density at radius 1 is 1.14 bits per heavy atom. The Hall–Kier alpha value is -1.92. The van der Waals surface area contributed by atoms with Gasteiger partial charge in [0.05, 0.1) is 16.1 Å². The lowest BCUT2D eigenvalue weighted by Gasteiger charge is -2.08. The van der Waals surface area contributed by atoms with Crippen molar-refractivity contribution in [2.45, 2.75) is 0 Å². The molecule has 4 nitrogen and oxygen atoms in total. The number of carbonyl (C=O) groups excluding carboxylic acids is 2. The van der Waals surface area contributed by atoms with E-state index in [1.165, 1.54) is 30.3 Å². The van der Waals surface area contributed by atoms with Gasteiger partial charge in [0.2, 0.25) is 5.91 Å². The van der Waals surface area contributed by atoms with Gasteiger partial charge < -0.3 is 11.1 Å². The van der Waals surface area contributed by atoms with Crippen molar-refractivity contribution >= 4 is 45.0 Å². The molecule has 2 amide bonds. The van der Waals surface area contributed by atoms with E-state index in [0.29, 0.717) is 10.2 Å². The largest absolute Gasteiger partial charge is 0.366 e. The third-order valence-corrected chi connectivity index (χ3v) is 3.49. The first kappa shape index (κ1) is 15.5. The fourth-order valence-electron chi connectivity index (χ4n) is 1.66. The van der Waals surface area contributed by atoms with Crippen molar-refractivity contribution in [1.29, 1.82) is 0 Å². The maximum absolute atomic E-state index is 13.7. The van der Waals surface area contributed by atoms with Gasteiger partial charge in [-0.05, 0) is 36.4 Å². The SMILES string of the molecule is NC(=O)c1cc(NC(=O)c2ccc(Br)cc2F)ccc1Cl. The lowest BCUT2D eigenvalue weighted by atomic mass is 10.1. The van der Waals surface area contributed by atoms with Crippen LogP contribution in [0, 0.1) is 5.82 Å². The zero-order valence-electron chi connectivity index (χ0n) is 10.5. The summed E-state index contributed by atoms with van der Waals surface area (Å²) in [6.45, 7) is 0. The summed E-state index contributed by atoms with van der Waals surface area (Å²) < 4.78 is 14.2. The van der Waals surface area contributed by atoms with Gasteiger partial charge in [0.15, 0.2) is 0 Å². The van der Waals surface area contributed by atoms with Crippen LogP contribution in [0.15, 0.2) is 40.9 Å². The fourth-order valence-corrected chi connectivity index (χ4v) is 2.21. The van der Waals surface area contributed by atoms with E-state index < -0.39 is 17.6 Å². The monoisotopic (exact) mass is 370 g/mol. The van der Waals surface area contributed by atoms with Gasteiger partial charge >= 0.3 is 0 Å². The van der Waals surface area contributed by atoms with Gasteiger partial charge in [0.25, 0.3) is 5.91 Å². The molecule has 0 radical (unpaired) electrons. The van der Waals surface area contributed by atoms with Gasteiger partial charge in [-0.3, -0.25) is 9.59 Å². The molecule has 0 heterocycles. The first-order chi connectivity index (χ1) is 9.88. The third kappa shape index (κ3) is 3.59. The van der Waals surface area contributed by atoms with E-state index in [-0.39, 0.29) is 16.1 Å². The number of carbonyl (C=O) groups is 2. The fraction of sp³-hybridized carbons (Fsp3) is 0. The molecule has 0 aliphatic heterocycles. The van der Waals surface area contributed by atoms with Gasteiger partial charge in [-0.15, -0.1) is 0 Å². The number of benzene rings is 2. The molecule has 3 N–H and O–H groups in total. The van der Waals surface area contributed by atoms with Crippen LogP contribution >= 0.6 is 27.5 Å². The average Bonchev–Trinajstić information content (AvgIpc) is 2.40. The highest BCUT2D eigenvalue weighted by atomic mass is 79.9. The van der Waals surface area contributed by atoms with Crippen LogP contribution < -0.4 is 11.1 Å². The van der Waals surface area contributed by atoms with Crippen LogP contribution in [0.2, 0.25) is 5.02 Å². The second kappa shape index (κ2) is 6.24. The van der Waals surface area contributed by atoms with Crippen molar-refractivity contribution in [3.05, 3.63) is 62.8 Å². The van der Waals surface area contributed by atoms with E-state index >= 15 is 0 Å². The smallest absolute Gasteiger partial charge is 0.258 e. The molecule has 0 aromatic heterocycles. The Balaban J connectivity index is 2.27. The minimum atomic E-state index is -0.717. The highest BCUT2D eigenvalue weighted by molar-refractivity contribution is 9.10. The molecule has 0 fully saturated rings. The van der Waals surface area contributed by atoms with Crippen LogP contribution in [0.1, 0.15) is 20.7 Å². The van der Waals surface area contributed by atoms with E-state index in [0.717, 1.165) is 0 Å². The zero-order valence-corrected chi connectivity index (χ0v) is 12.8. The molecule has 0 spiro atoms. The number of nitrogens with two attached hydrogens (primary N) is 1. The molecule has 2 aromatic carbocycles. The first-order valence-electron chi connectivity index (χ1n) is 5.74. The van der Waals surface area contributed by atoms with E-state index in [9.17, 15) is 14.0 Å². The molecule has 2 aromatic rings. The van der Waals surface area contributed by atoms with Gasteiger partial charge in [0.1, 0.15) is 5.82 Å². The molecule has 0 atom stereocenters. The molecule has 0 aliphatic rings. The molecule has 0 unspecified atom stereocenters. The number of primary amides is 1. The van der Waals surface area contributed by atoms with Crippen molar-refractivity contribution < 1.29 is 14.0 Å². The average molecular weight is 372 g/mol. The Kier molecular flexibility index (Phi) is 4.59. The molecule has 21 heavy (non-hydrogen) atoms. The van der Waals surface area contributed by atoms with Gasteiger partial charge in [-0.2, -0.15) is 0 Å².